The minimum Gasteiger partial charge on any atom is -0.393 e. The van der Waals surface area contributed by atoms with Gasteiger partial charge in [-0.2, -0.15) is 0 Å². The van der Waals surface area contributed by atoms with Crippen molar-refractivity contribution in [3.05, 3.63) is 34.3 Å². The van der Waals surface area contributed by atoms with Gasteiger partial charge in [-0.15, -0.1) is 0 Å². The number of aliphatic hydroxyl groups is 1. The Bertz CT molecular complexity index is 298. The molecule has 2 atom stereocenters. The van der Waals surface area contributed by atoms with Crippen LogP contribution in [0.4, 0.5) is 0 Å². The fourth-order valence-electron chi connectivity index (χ4n) is 2.05. The van der Waals surface area contributed by atoms with Crippen molar-refractivity contribution in [2.75, 3.05) is 0 Å². The zero-order chi connectivity index (χ0) is 9.26. The summed E-state index contributed by atoms with van der Waals surface area (Å²) in [6.45, 7) is 0. The second-order valence-electron chi connectivity index (χ2n) is 3.69. The summed E-state index contributed by atoms with van der Waals surface area (Å²) in [5.41, 5.74) is 1.35. The van der Waals surface area contributed by atoms with Crippen molar-refractivity contribution in [1.82, 2.24) is 0 Å². The van der Waals surface area contributed by atoms with E-state index in [2.05, 4.69) is 34.1 Å². The van der Waals surface area contributed by atoms with E-state index in [-0.39, 0.29) is 6.10 Å². The lowest BCUT2D eigenvalue weighted by Gasteiger charge is -2.11. The first-order valence-electron chi connectivity index (χ1n) is 4.70. The first-order chi connectivity index (χ1) is 6.27. The zero-order valence-corrected chi connectivity index (χ0v) is 9.00. The number of aliphatic hydroxyl groups excluding tert-OH is 1. The molecule has 1 fully saturated rings. The third kappa shape index (κ3) is 1.94. The lowest BCUT2D eigenvalue weighted by molar-refractivity contribution is 0.181. The molecule has 0 heterocycles. The van der Waals surface area contributed by atoms with E-state index in [1.54, 1.807) is 0 Å². The summed E-state index contributed by atoms with van der Waals surface area (Å²) >= 11 is 3.54. The molecular formula is C11H13BrO. The molecule has 13 heavy (non-hydrogen) atoms. The van der Waals surface area contributed by atoms with Gasteiger partial charge in [0.15, 0.2) is 0 Å². The van der Waals surface area contributed by atoms with Crippen LogP contribution in [0, 0.1) is 0 Å². The van der Waals surface area contributed by atoms with Crippen LogP contribution in [-0.2, 0) is 0 Å². The fraction of sp³-hybridized carbons (Fsp3) is 0.455. The van der Waals surface area contributed by atoms with E-state index in [1.807, 2.05) is 6.07 Å². The number of rotatable bonds is 1. The molecule has 2 heteroatoms. The minimum atomic E-state index is -0.0860. The molecule has 0 aromatic heterocycles. The molecule has 0 saturated heterocycles. The van der Waals surface area contributed by atoms with Gasteiger partial charge in [0.1, 0.15) is 0 Å². The molecule has 1 aliphatic rings. The summed E-state index contributed by atoms with van der Waals surface area (Å²) in [6, 6.07) is 8.30. The third-order valence-electron chi connectivity index (χ3n) is 2.75. The van der Waals surface area contributed by atoms with Crippen LogP contribution in [0.5, 0.6) is 0 Å². The van der Waals surface area contributed by atoms with Crippen molar-refractivity contribution < 1.29 is 5.11 Å². The maximum atomic E-state index is 9.44. The van der Waals surface area contributed by atoms with Crippen LogP contribution < -0.4 is 0 Å². The van der Waals surface area contributed by atoms with E-state index in [9.17, 15) is 5.11 Å². The second kappa shape index (κ2) is 3.81. The third-order valence-corrected chi connectivity index (χ3v) is 3.47. The minimum absolute atomic E-state index is 0.0860. The molecular weight excluding hydrogens is 228 g/mol. The van der Waals surface area contributed by atoms with Gasteiger partial charge in [-0.05, 0) is 36.8 Å². The van der Waals surface area contributed by atoms with E-state index < -0.39 is 0 Å². The van der Waals surface area contributed by atoms with Gasteiger partial charge >= 0.3 is 0 Å². The number of hydrogen-bond donors (Lipinski definition) is 1. The van der Waals surface area contributed by atoms with Crippen LogP contribution >= 0.6 is 15.9 Å². The molecule has 1 aromatic carbocycles. The highest BCUT2D eigenvalue weighted by molar-refractivity contribution is 9.10. The Morgan fingerprint density at radius 3 is 2.62 bits per heavy atom. The van der Waals surface area contributed by atoms with Gasteiger partial charge in [0.2, 0.25) is 0 Å². The van der Waals surface area contributed by atoms with Crippen LogP contribution in [0.3, 0.4) is 0 Å². The predicted octanol–water partition coefficient (Wildman–Crippen LogP) is 3.08. The molecule has 70 valence electrons. The molecule has 2 rings (SSSR count). The fourth-order valence-corrected chi connectivity index (χ4v) is 2.65. The van der Waals surface area contributed by atoms with Crippen LogP contribution in [0.2, 0.25) is 0 Å². The van der Waals surface area contributed by atoms with Crippen LogP contribution in [0.25, 0.3) is 0 Å². The summed E-state index contributed by atoms with van der Waals surface area (Å²) in [7, 11) is 0. The molecule has 0 radical (unpaired) electrons. The Hall–Kier alpha value is -0.340. The Labute approximate surface area is 86.9 Å². The first-order valence-corrected chi connectivity index (χ1v) is 5.49. The average Bonchev–Trinajstić information content (AvgIpc) is 2.53. The zero-order valence-electron chi connectivity index (χ0n) is 7.41. The van der Waals surface area contributed by atoms with Crippen molar-refractivity contribution in [3.63, 3.8) is 0 Å². The van der Waals surface area contributed by atoms with E-state index in [4.69, 9.17) is 0 Å². The normalized spacial score (nSPS) is 27.8. The Morgan fingerprint density at radius 2 is 2.00 bits per heavy atom. The van der Waals surface area contributed by atoms with Crippen LogP contribution in [0.1, 0.15) is 30.7 Å². The van der Waals surface area contributed by atoms with Gasteiger partial charge < -0.3 is 5.11 Å². The first kappa shape index (κ1) is 9.22. The van der Waals surface area contributed by atoms with E-state index >= 15 is 0 Å². The Morgan fingerprint density at radius 1 is 1.23 bits per heavy atom. The monoisotopic (exact) mass is 240 g/mol. The lowest BCUT2D eigenvalue weighted by atomic mass is 9.98. The SMILES string of the molecule is OC1CCC(c2ccccc2Br)C1. The van der Waals surface area contributed by atoms with E-state index in [1.165, 1.54) is 10.0 Å². The van der Waals surface area contributed by atoms with Gasteiger partial charge in [0.25, 0.3) is 0 Å². The Balaban J connectivity index is 2.21. The van der Waals surface area contributed by atoms with Gasteiger partial charge in [-0.3, -0.25) is 0 Å². The van der Waals surface area contributed by atoms with Crippen molar-refractivity contribution in [2.45, 2.75) is 31.3 Å². The molecule has 0 bridgehead atoms. The van der Waals surface area contributed by atoms with E-state index in [0.29, 0.717) is 5.92 Å². The second-order valence-corrected chi connectivity index (χ2v) is 4.54. The highest BCUT2D eigenvalue weighted by atomic mass is 79.9. The molecule has 0 spiro atoms. The van der Waals surface area contributed by atoms with Crippen molar-refractivity contribution in [3.8, 4) is 0 Å². The largest absolute Gasteiger partial charge is 0.393 e. The number of halogens is 1. The molecule has 2 unspecified atom stereocenters. The molecule has 0 aliphatic heterocycles. The van der Waals surface area contributed by atoms with Crippen molar-refractivity contribution in [2.24, 2.45) is 0 Å². The number of benzene rings is 1. The Kier molecular flexibility index (Phi) is 2.70. The molecule has 0 amide bonds. The molecule has 1 nitrogen and oxygen atoms in total. The summed E-state index contributed by atoms with van der Waals surface area (Å²) in [5.74, 6) is 0.547. The standard InChI is InChI=1S/C11H13BrO/c12-11-4-2-1-3-10(11)8-5-6-9(13)7-8/h1-4,8-9,13H,5-7H2. The highest BCUT2D eigenvalue weighted by Gasteiger charge is 2.25. The highest BCUT2D eigenvalue weighted by Crippen LogP contribution is 2.37. The average molecular weight is 241 g/mol. The quantitative estimate of drug-likeness (QED) is 0.801. The van der Waals surface area contributed by atoms with Gasteiger partial charge in [-0.25, -0.2) is 0 Å². The number of hydrogen-bond acceptors (Lipinski definition) is 1. The molecule has 1 N–H and O–H groups in total. The maximum absolute atomic E-state index is 9.44. The van der Waals surface area contributed by atoms with E-state index in [0.717, 1.165) is 19.3 Å². The van der Waals surface area contributed by atoms with Crippen LogP contribution in [0.15, 0.2) is 28.7 Å². The predicted molar refractivity (Wildman–Crippen MR) is 56.7 cm³/mol. The summed E-state index contributed by atoms with van der Waals surface area (Å²) in [5, 5.41) is 9.44. The topological polar surface area (TPSA) is 20.2 Å². The molecule has 1 aliphatic carbocycles. The van der Waals surface area contributed by atoms with Crippen molar-refractivity contribution >= 4 is 15.9 Å². The van der Waals surface area contributed by atoms with Crippen LogP contribution in [-0.4, -0.2) is 11.2 Å². The summed E-state index contributed by atoms with van der Waals surface area (Å²) in [4.78, 5) is 0. The smallest absolute Gasteiger partial charge is 0.0546 e. The maximum Gasteiger partial charge on any atom is 0.0546 e. The lowest BCUT2D eigenvalue weighted by Crippen LogP contribution is -1.99. The van der Waals surface area contributed by atoms with Gasteiger partial charge in [0.05, 0.1) is 6.10 Å². The molecule has 1 aromatic rings. The summed E-state index contributed by atoms with van der Waals surface area (Å²) in [6.07, 6.45) is 2.90. The van der Waals surface area contributed by atoms with Gasteiger partial charge in [0, 0.05) is 4.47 Å². The molecule has 1 saturated carbocycles. The van der Waals surface area contributed by atoms with Crippen molar-refractivity contribution in [1.29, 1.82) is 0 Å². The summed E-state index contributed by atoms with van der Waals surface area (Å²) < 4.78 is 1.18. The van der Waals surface area contributed by atoms with Gasteiger partial charge in [-0.1, -0.05) is 34.1 Å².